The third kappa shape index (κ3) is 2.41. The molecule has 2 aromatic rings. The van der Waals surface area contributed by atoms with Crippen LogP contribution < -0.4 is 10.6 Å². The van der Waals surface area contributed by atoms with Gasteiger partial charge in [0.05, 0.1) is 11.3 Å². The first-order chi connectivity index (χ1) is 8.72. The summed E-state index contributed by atoms with van der Waals surface area (Å²) in [5, 5.41) is 8.94. The molecule has 0 aliphatic heterocycles. The normalized spacial score (nSPS) is 9.78. The van der Waals surface area contributed by atoms with E-state index in [0.29, 0.717) is 23.6 Å². The molecule has 4 nitrogen and oxygen atoms in total. The summed E-state index contributed by atoms with van der Waals surface area (Å²) in [4.78, 5) is 6.17. The van der Waals surface area contributed by atoms with Gasteiger partial charge >= 0.3 is 0 Å². The summed E-state index contributed by atoms with van der Waals surface area (Å²) in [7, 11) is 1.91. The Morgan fingerprint density at radius 2 is 2.00 bits per heavy atom. The summed E-state index contributed by atoms with van der Waals surface area (Å²) < 4.78 is 0. The Balaban J connectivity index is 2.25. The molecule has 1 aromatic carbocycles. The van der Waals surface area contributed by atoms with E-state index in [0.717, 1.165) is 0 Å². The Morgan fingerprint density at radius 3 is 2.67 bits per heavy atom. The fraction of sp³-hybridized carbons (Fsp3) is 0.143. The minimum Gasteiger partial charge on any atom is -0.395 e. The maximum atomic E-state index is 8.94. The second kappa shape index (κ2) is 5.19. The second-order valence-electron chi connectivity index (χ2n) is 4.05. The zero-order valence-corrected chi connectivity index (χ0v) is 10.2. The molecule has 0 fully saturated rings. The van der Waals surface area contributed by atoms with Crippen LogP contribution in [0.3, 0.4) is 0 Å². The SMILES string of the molecule is CN(Cc1ccccc1)c1nccc(C#N)c1N. The van der Waals surface area contributed by atoms with Gasteiger partial charge in [0.15, 0.2) is 5.82 Å². The molecule has 90 valence electrons. The number of hydrogen-bond donors (Lipinski definition) is 1. The van der Waals surface area contributed by atoms with Crippen LogP contribution in [0.1, 0.15) is 11.1 Å². The van der Waals surface area contributed by atoms with E-state index < -0.39 is 0 Å². The summed E-state index contributed by atoms with van der Waals surface area (Å²) in [6, 6.07) is 13.7. The molecule has 2 N–H and O–H groups in total. The van der Waals surface area contributed by atoms with Gasteiger partial charge in [0.2, 0.25) is 0 Å². The lowest BCUT2D eigenvalue weighted by Crippen LogP contribution is -2.19. The minimum atomic E-state index is 0.429. The predicted molar refractivity (Wildman–Crippen MR) is 71.9 cm³/mol. The molecule has 0 atom stereocenters. The van der Waals surface area contributed by atoms with Crippen LogP contribution in [-0.2, 0) is 6.54 Å². The largest absolute Gasteiger partial charge is 0.395 e. The Morgan fingerprint density at radius 1 is 1.28 bits per heavy atom. The quantitative estimate of drug-likeness (QED) is 0.890. The number of nitrogens with two attached hydrogens (primary N) is 1. The van der Waals surface area contributed by atoms with Crippen molar-refractivity contribution in [2.45, 2.75) is 6.54 Å². The van der Waals surface area contributed by atoms with E-state index in [1.807, 2.05) is 42.3 Å². The molecule has 0 unspecified atom stereocenters. The van der Waals surface area contributed by atoms with E-state index in [1.54, 1.807) is 12.3 Å². The first-order valence-electron chi connectivity index (χ1n) is 5.62. The number of aromatic nitrogens is 1. The smallest absolute Gasteiger partial charge is 0.153 e. The van der Waals surface area contributed by atoms with Crippen LogP contribution in [0.25, 0.3) is 0 Å². The van der Waals surface area contributed by atoms with Crippen molar-refractivity contribution >= 4 is 11.5 Å². The highest BCUT2D eigenvalue weighted by Crippen LogP contribution is 2.23. The summed E-state index contributed by atoms with van der Waals surface area (Å²) >= 11 is 0. The maximum absolute atomic E-state index is 8.94. The number of pyridine rings is 1. The zero-order chi connectivity index (χ0) is 13.0. The monoisotopic (exact) mass is 238 g/mol. The lowest BCUT2D eigenvalue weighted by atomic mass is 10.2. The van der Waals surface area contributed by atoms with Gasteiger partial charge in [0.1, 0.15) is 6.07 Å². The molecule has 0 amide bonds. The van der Waals surface area contributed by atoms with Crippen LogP contribution in [-0.4, -0.2) is 12.0 Å². The van der Waals surface area contributed by atoms with Crippen molar-refractivity contribution in [3.8, 4) is 6.07 Å². The van der Waals surface area contributed by atoms with Gasteiger partial charge in [-0.05, 0) is 11.6 Å². The Hall–Kier alpha value is -2.54. The van der Waals surface area contributed by atoms with Gasteiger partial charge in [-0.3, -0.25) is 0 Å². The minimum absolute atomic E-state index is 0.429. The standard InChI is InChI=1S/C14H14N4/c1-18(10-11-5-3-2-4-6-11)14-13(16)12(9-15)7-8-17-14/h2-8H,10,16H2,1H3. The highest BCUT2D eigenvalue weighted by atomic mass is 15.2. The summed E-state index contributed by atoms with van der Waals surface area (Å²) in [6.07, 6.45) is 1.60. The van der Waals surface area contributed by atoms with Crippen LogP contribution >= 0.6 is 0 Å². The van der Waals surface area contributed by atoms with Crippen LogP contribution in [0.4, 0.5) is 11.5 Å². The number of nitrogens with zero attached hydrogens (tertiary/aromatic N) is 3. The van der Waals surface area contributed by atoms with Crippen molar-refractivity contribution < 1.29 is 0 Å². The molecule has 2 rings (SSSR count). The molecule has 0 saturated heterocycles. The molecule has 0 aliphatic carbocycles. The van der Waals surface area contributed by atoms with Crippen molar-refractivity contribution in [1.82, 2.24) is 4.98 Å². The topological polar surface area (TPSA) is 65.9 Å². The van der Waals surface area contributed by atoms with Crippen LogP contribution in [0, 0.1) is 11.3 Å². The van der Waals surface area contributed by atoms with Gasteiger partial charge in [-0.25, -0.2) is 4.98 Å². The fourth-order valence-corrected chi connectivity index (χ4v) is 1.80. The van der Waals surface area contributed by atoms with E-state index in [2.05, 4.69) is 11.1 Å². The van der Waals surface area contributed by atoms with Crippen molar-refractivity contribution in [2.24, 2.45) is 0 Å². The zero-order valence-electron chi connectivity index (χ0n) is 10.2. The molecule has 1 aromatic heterocycles. The van der Waals surface area contributed by atoms with Gasteiger partial charge in [-0.2, -0.15) is 5.26 Å². The molecule has 4 heteroatoms. The molecule has 0 radical (unpaired) electrons. The van der Waals surface area contributed by atoms with Crippen LogP contribution in [0.2, 0.25) is 0 Å². The van der Waals surface area contributed by atoms with Gasteiger partial charge in [0, 0.05) is 19.8 Å². The van der Waals surface area contributed by atoms with Gasteiger partial charge in [-0.1, -0.05) is 30.3 Å². The second-order valence-corrected chi connectivity index (χ2v) is 4.05. The number of rotatable bonds is 3. The Labute approximate surface area is 106 Å². The highest BCUT2D eigenvalue weighted by Gasteiger charge is 2.10. The Bertz CT molecular complexity index is 572. The van der Waals surface area contributed by atoms with Gasteiger partial charge in [-0.15, -0.1) is 0 Å². The van der Waals surface area contributed by atoms with E-state index in [-0.39, 0.29) is 0 Å². The van der Waals surface area contributed by atoms with Crippen molar-refractivity contribution in [2.75, 3.05) is 17.7 Å². The Kier molecular flexibility index (Phi) is 3.44. The molecule has 18 heavy (non-hydrogen) atoms. The predicted octanol–water partition coefficient (Wildman–Crippen LogP) is 2.17. The third-order valence-electron chi connectivity index (χ3n) is 2.71. The molecular weight excluding hydrogens is 224 g/mol. The summed E-state index contributed by atoms with van der Waals surface area (Å²) in [6.45, 7) is 0.701. The lowest BCUT2D eigenvalue weighted by Gasteiger charge is -2.20. The third-order valence-corrected chi connectivity index (χ3v) is 2.71. The van der Waals surface area contributed by atoms with E-state index in [1.165, 1.54) is 5.56 Å². The molecule has 0 aliphatic rings. The van der Waals surface area contributed by atoms with Gasteiger partial charge in [0.25, 0.3) is 0 Å². The highest BCUT2D eigenvalue weighted by molar-refractivity contribution is 5.69. The van der Waals surface area contributed by atoms with Crippen LogP contribution in [0.15, 0.2) is 42.6 Å². The first-order valence-corrected chi connectivity index (χ1v) is 5.62. The number of hydrogen-bond acceptors (Lipinski definition) is 4. The average Bonchev–Trinajstić information content (AvgIpc) is 2.40. The van der Waals surface area contributed by atoms with E-state index >= 15 is 0 Å². The molecular formula is C14H14N4. The first kappa shape index (κ1) is 11.9. The lowest BCUT2D eigenvalue weighted by molar-refractivity contribution is 0.900. The fourth-order valence-electron chi connectivity index (χ4n) is 1.80. The van der Waals surface area contributed by atoms with E-state index in [9.17, 15) is 0 Å². The molecule has 0 bridgehead atoms. The number of benzene rings is 1. The molecule has 0 spiro atoms. The van der Waals surface area contributed by atoms with Crippen molar-refractivity contribution in [3.05, 3.63) is 53.7 Å². The van der Waals surface area contributed by atoms with Crippen molar-refractivity contribution in [1.29, 1.82) is 5.26 Å². The van der Waals surface area contributed by atoms with Crippen LogP contribution in [0.5, 0.6) is 0 Å². The number of nitrogen functional groups attached to an aromatic ring is 1. The van der Waals surface area contributed by atoms with Gasteiger partial charge < -0.3 is 10.6 Å². The van der Waals surface area contributed by atoms with E-state index in [4.69, 9.17) is 11.0 Å². The maximum Gasteiger partial charge on any atom is 0.153 e. The summed E-state index contributed by atoms with van der Waals surface area (Å²) in [5.41, 5.74) is 7.98. The van der Waals surface area contributed by atoms with Crippen molar-refractivity contribution in [3.63, 3.8) is 0 Å². The number of nitriles is 1. The molecule has 0 saturated carbocycles. The summed E-state index contributed by atoms with van der Waals surface area (Å²) in [5.74, 6) is 0.637. The number of anilines is 2. The molecule has 1 heterocycles. The average molecular weight is 238 g/mol.